The minimum Gasteiger partial charge on any atom is -0.486 e. The van der Waals surface area contributed by atoms with E-state index in [4.69, 9.17) is 4.74 Å². The number of H-pyrrole nitrogens is 1. The summed E-state index contributed by atoms with van der Waals surface area (Å²) in [7, 11) is 0. The summed E-state index contributed by atoms with van der Waals surface area (Å²) in [4.78, 5) is 3.34. The number of nitrogens with one attached hydrogen (secondary N) is 1. The fourth-order valence-corrected chi connectivity index (χ4v) is 7.20. The van der Waals surface area contributed by atoms with Crippen LogP contribution >= 0.6 is 0 Å². The van der Waals surface area contributed by atoms with Crippen LogP contribution < -0.4 is 4.74 Å². The molecule has 0 unspecified atom stereocenters. The van der Waals surface area contributed by atoms with Crippen molar-refractivity contribution < 1.29 is 4.74 Å². The number of aromatic nitrogens is 1. The van der Waals surface area contributed by atoms with Gasteiger partial charge in [0.2, 0.25) is 0 Å². The maximum absolute atomic E-state index is 6.81. The molecule has 1 aromatic heterocycles. The molecule has 2 heteroatoms. The van der Waals surface area contributed by atoms with Crippen molar-refractivity contribution in [1.82, 2.24) is 4.98 Å². The summed E-state index contributed by atoms with van der Waals surface area (Å²) in [5.74, 6) is 4.73. The highest BCUT2D eigenvalue weighted by molar-refractivity contribution is 5.85. The third-order valence-electron chi connectivity index (χ3n) is 8.24. The molecule has 136 valence electrons. The molecule has 0 amide bonds. The highest BCUT2D eigenvalue weighted by Crippen LogP contribution is 2.62. The molecule has 0 atom stereocenters. The van der Waals surface area contributed by atoms with Crippen LogP contribution in [-0.4, -0.2) is 10.6 Å². The minimum absolute atomic E-state index is 0.123. The summed E-state index contributed by atoms with van der Waals surface area (Å²) in [6.07, 6.45) is 10.3. The molecule has 2 nitrogen and oxygen atoms in total. The Morgan fingerprint density at radius 2 is 1.56 bits per heavy atom. The molecule has 8 rings (SSSR count). The van der Waals surface area contributed by atoms with E-state index in [1.807, 2.05) is 6.20 Å². The van der Waals surface area contributed by atoms with Crippen LogP contribution in [0.5, 0.6) is 5.75 Å². The van der Waals surface area contributed by atoms with E-state index in [2.05, 4.69) is 47.4 Å². The van der Waals surface area contributed by atoms with Crippen molar-refractivity contribution in [2.24, 2.45) is 23.7 Å². The van der Waals surface area contributed by atoms with E-state index >= 15 is 0 Å². The quantitative estimate of drug-likeness (QED) is 0.572. The lowest BCUT2D eigenvalue weighted by atomic mass is 9.49. The predicted octanol–water partition coefficient (Wildman–Crippen LogP) is 5.96. The fourth-order valence-electron chi connectivity index (χ4n) is 7.20. The summed E-state index contributed by atoms with van der Waals surface area (Å²) in [5, 5.41) is 1.27. The SMILES string of the molecule is c1cc2ccc(-c3ccc4c(c3)CC3(O4)C4CC5CC(C4)CC3C5)cc2[nH]1. The van der Waals surface area contributed by atoms with E-state index in [0.29, 0.717) is 0 Å². The van der Waals surface area contributed by atoms with Gasteiger partial charge in [0.1, 0.15) is 11.4 Å². The average Bonchev–Trinajstić information content (AvgIpc) is 3.29. The molecule has 4 aliphatic carbocycles. The van der Waals surface area contributed by atoms with E-state index in [1.54, 1.807) is 0 Å². The van der Waals surface area contributed by atoms with Crippen molar-refractivity contribution >= 4 is 10.9 Å². The Morgan fingerprint density at radius 3 is 2.37 bits per heavy atom. The molecule has 4 fully saturated rings. The number of benzene rings is 2. The van der Waals surface area contributed by atoms with Crippen molar-refractivity contribution in [3.63, 3.8) is 0 Å². The van der Waals surface area contributed by atoms with Gasteiger partial charge < -0.3 is 9.72 Å². The van der Waals surface area contributed by atoms with Gasteiger partial charge in [0.25, 0.3) is 0 Å². The Bertz CT molecular complexity index is 1030. The molecule has 3 aromatic rings. The normalized spacial score (nSPS) is 35.7. The number of hydrogen-bond donors (Lipinski definition) is 1. The molecule has 1 aliphatic heterocycles. The molecule has 4 bridgehead atoms. The van der Waals surface area contributed by atoms with Gasteiger partial charge in [-0.2, -0.15) is 0 Å². The Balaban J connectivity index is 1.27. The lowest BCUT2D eigenvalue weighted by molar-refractivity contribution is -0.145. The topological polar surface area (TPSA) is 25.0 Å². The van der Waals surface area contributed by atoms with Crippen molar-refractivity contribution in [3.8, 4) is 16.9 Å². The lowest BCUT2D eigenvalue weighted by Gasteiger charge is -2.59. The van der Waals surface area contributed by atoms with Crippen LogP contribution in [0, 0.1) is 23.7 Å². The van der Waals surface area contributed by atoms with Crippen molar-refractivity contribution in [3.05, 3.63) is 54.2 Å². The molecule has 0 radical (unpaired) electrons. The first-order valence-electron chi connectivity index (χ1n) is 10.7. The van der Waals surface area contributed by atoms with Gasteiger partial charge in [-0.15, -0.1) is 0 Å². The highest BCUT2D eigenvalue weighted by Gasteiger charge is 2.60. The fraction of sp³-hybridized carbons (Fsp3) is 0.440. The van der Waals surface area contributed by atoms with Crippen molar-refractivity contribution in [2.45, 2.75) is 44.1 Å². The summed E-state index contributed by atoms with van der Waals surface area (Å²) in [6.45, 7) is 0. The second-order valence-electron chi connectivity index (χ2n) is 9.64. The number of hydrogen-bond acceptors (Lipinski definition) is 1. The van der Waals surface area contributed by atoms with Gasteiger partial charge in [-0.3, -0.25) is 0 Å². The number of rotatable bonds is 1. The van der Waals surface area contributed by atoms with E-state index in [1.165, 1.54) is 59.7 Å². The Kier molecular flexibility index (Phi) is 2.73. The molecular weight excluding hydrogens is 330 g/mol. The molecule has 0 saturated heterocycles. The van der Waals surface area contributed by atoms with Crippen LogP contribution in [0.3, 0.4) is 0 Å². The zero-order valence-corrected chi connectivity index (χ0v) is 15.6. The van der Waals surface area contributed by atoms with Crippen LogP contribution in [-0.2, 0) is 6.42 Å². The van der Waals surface area contributed by atoms with Gasteiger partial charge in [0.05, 0.1) is 0 Å². The highest BCUT2D eigenvalue weighted by atomic mass is 16.5. The maximum atomic E-state index is 6.81. The summed E-state index contributed by atoms with van der Waals surface area (Å²) in [5.41, 5.74) is 5.37. The van der Waals surface area contributed by atoms with Crippen LogP contribution in [0.2, 0.25) is 0 Å². The lowest BCUT2D eigenvalue weighted by Crippen LogP contribution is -2.60. The molecule has 1 N–H and O–H groups in total. The summed E-state index contributed by atoms with van der Waals surface area (Å²) in [6, 6.07) is 15.7. The average molecular weight is 355 g/mol. The number of fused-ring (bicyclic) bond motifs is 2. The van der Waals surface area contributed by atoms with Gasteiger partial charge >= 0.3 is 0 Å². The van der Waals surface area contributed by atoms with Gasteiger partial charge in [-0.1, -0.05) is 18.2 Å². The van der Waals surface area contributed by atoms with E-state index in [0.717, 1.165) is 35.8 Å². The third kappa shape index (κ3) is 1.96. The smallest absolute Gasteiger partial charge is 0.123 e. The van der Waals surface area contributed by atoms with Crippen LogP contribution in [0.15, 0.2) is 48.7 Å². The Morgan fingerprint density at radius 1 is 0.815 bits per heavy atom. The van der Waals surface area contributed by atoms with Crippen molar-refractivity contribution in [2.75, 3.05) is 0 Å². The largest absolute Gasteiger partial charge is 0.486 e. The second kappa shape index (κ2) is 4.98. The predicted molar refractivity (Wildman–Crippen MR) is 108 cm³/mol. The number of aromatic amines is 1. The zero-order chi connectivity index (χ0) is 17.6. The van der Waals surface area contributed by atoms with E-state index in [-0.39, 0.29) is 5.60 Å². The molecule has 5 aliphatic rings. The van der Waals surface area contributed by atoms with E-state index < -0.39 is 0 Å². The Labute approximate surface area is 159 Å². The summed E-state index contributed by atoms with van der Waals surface area (Å²) >= 11 is 0. The standard InChI is InChI=1S/C25H25NO/c1-2-19(13-23-17(1)5-6-26-23)18-3-4-24-20(12-18)14-25(27-24)21-8-15-7-16(10-21)11-22(25)9-15/h1-6,12-13,15-16,21-22,26H,7-11,14H2. The summed E-state index contributed by atoms with van der Waals surface area (Å²) < 4.78 is 6.81. The molecule has 27 heavy (non-hydrogen) atoms. The molecular formula is C25H25NO. The first kappa shape index (κ1) is 14.8. The van der Waals surface area contributed by atoms with Crippen molar-refractivity contribution in [1.29, 1.82) is 0 Å². The monoisotopic (exact) mass is 355 g/mol. The molecule has 2 heterocycles. The minimum atomic E-state index is 0.123. The molecule has 1 spiro atoms. The number of ether oxygens (including phenoxy) is 1. The van der Waals surface area contributed by atoms with Gasteiger partial charge in [-0.05, 0) is 102 Å². The molecule has 2 aromatic carbocycles. The first-order valence-corrected chi connectivity index (χ1v) is 10.7. The van der Waals surface area contributed by atoms with Crippen LogP contribution in [0.1, 0.15) is 37.7 Å². The van der Waals surface area contributed by atoms with Gasteiger partial charge in [0, 0.05) is 18.1 Å². The maximum Gasteiger partial charge on any atom is 0.123 e. The Hall–Kier alpha value is -2.22. The molecule has 4 saturated carbocycles. The van der Waals surface area contributed by atoms with Crippen LogP contribution in [0.4, 0.5) is 0 Å². The van der Waals surface area contributed by atoms with Crippen LogP contribution in [0.25, 0.3) is 22.0 Å². The van der Waals surface area contributed by atoms with E-state index in [9.17, 15) is 0 Å². The zero-order valence-electron chi connectivity index (χ0n) is 15.6. The van der Waals surface area contributed by atoms with Gasteiger partial charge in [-0.25, -0.2) is 0 Å². The second-order valence-corrected chi connectivity index (χ2v) is 9.64. The van der Waals surface area contributed by atoms with Gasteiger partial charge in [0.15, 0.2) is 0 Å². The third-order valence-corrected chi connectivity index (χ3v) is 8.24. The first-order chi connectivity index (χ1) is 13.3.